The third-order valence-corrected chi connectivity index (χ3v) is 4.86. The molecule has 0 bridgehead atoms. The van der Waals surface area contributed by atoms with Gasteiger partial charge in [0.1, 0.15) is 5.56 Å². The number of carbonyl (C=O) groups excluding carboxylic acids is 2. The van der Waals surface area contributed by atoms with Crippen molar-refractivity contribution < 1.29 is 14.3 Å². The number of hydrogen-bond donors (Lipinski definition) is 1. The number of para-hydroxylation sites is 1. The van der Waals surface area contributed by atoms with Crippen LogP contribution in [0.3, 0.4) is 0 Å². The van der Waals surface area contributed by atoms with Crippen LogP contribution in [0.1, 0.15) is 21.7 Å². The van der Waals surface area contributed by atoms with Gasteiger partial charge in [0.25, 0.3) is 5.91 Å². The molecule has 0 aliphatic rings. The van der Waals surface area contributed by atoms with E-state index >= 15 is 0 Å². The molecule has 0 spiro atoms. The summed E-state index contributed by atoms with van der Waals surface area (Å²) in [4.78, 5) is 24.9. The molecule has 0 unspecified atom stereocenters. The van der Waals surface area contributed by atoms with Crippen molar-refractivity contribution in [3.05, 3.63) is 89.7 Å². The van der Waals surface area contributed by atoms with E-state index in [0.717, 1.165) is 16.5 Å². The Bertz CT molecular complexity index is 1230. The number of amides is 1. The predicted molar refractivity (Wildman–Crippen MR) is 116 cm³/mol. The maximum absolute atomic E-state index is 12.6. The molecule has 0 aliphatic carbocycles. The third-order valence-electron chi connectivity index (χ3n) is 4.86. The van der Waals surface area contributed by atoms with E-state index in [1.807, 2.05) is 72.8 Å². The third kappa shape index (κ3) is 3.93. The Kier molecular flexibility index (Phi) is 5.30. The highest BCUT2D eigenvalue weighted by atomic mass is 16.5. The SMILES string of the molecule is Cc1nn(-c2ccccc2)c(C)c1C(=O)OCC(=O)Nc1ccc2ccccc2c1. The number of aryl methyl sites for hydroxylation is 1. The van der Waals surface area contributed by atoms with Crippen LogP contribution in [0.2, 0.25) is 0 Å². The molecule has 0 aliphatic heterocycles. The fourth-order valence-electron chi connectivity index (χ4n) is 3.43. The van der Waals surface area contributed by atoms with Gasteiger partial charge in [-0.25, -0.2) is 9.48 Å². The van der Waals surface area contributed by atoms with Crippen molar-refractivity contribution >= 4 is 28.3 Å². The Hall–Kier alpha value is -3.93. The summed E-state index contributed by atoms with van der Waals surface area (Å²) in [7, 11) is 0. The van der Waals surface area contributed by atoms with Gasteiger partial charge in [-0.1, -0.05) is 48.5 Å². The average molecular weight is 399 g/mol. The van der Waals surface area contributed by atoms with Gasteiger partial charge >= 0.3 is 5.97 Å². The van der Waals surface area contributed by atoms with E-state index in [9.17, 15) is 9.59 Å². The molecule has 6 heteroatoms. The van der Waals surface area contributed by atoms with Crippen LogP contribution in [0.15, 0.2) is 72.8 Å². The second kappa shape index (κ2) is 8.21. The summed E-state index contributed by atoms with van der Waals surface area (Å²) in [6, 6.07) is 23.1. The van der Waals surface area contributed by atoms with Crippen LogP contribution in [-0.2, 0) is 9.53 Å². The summed E-state index contributed by atoms with van der Waals surface area (Å²) < 4.78 is 6.95. The maximum Gasteiger partial charge on any atom is 0.342 e. The molecule has 0 atom stereocenters. The van der Waals surface area contributed by atoms with Crippen LogP contribution in [0.4, 0.5) is 5.69 Å². The first-order valence-corrected chi connectivity index (χ1v) is 9.60. The minimum atomic E-state index is -0.569. The minimum Gasteiger partial charge on any atom is -0.452 e. The molecular weight excluding hydrogens is 378 g/mol. The van der Waals surface area contributed by atoms with E-state index in [1.54, 1.807) is 18.5 Å². The Morgan fingerprint density at radius 1 is 0.933 bits per heavy atom. The molecule has 0 saturated heterocycles. The highest BCUT2D eigenvalue weighted by Crippen LogP contribution is 2.20. The molecule has 1 heterocycles. The lowest BCUT2D eigenvalue weighted by atomic mass is 10.1. The number of nitrogens with zero attached hydrogens (tertiary/aromatic N) is 2. The summed E-state index contributed by atoms with van der Waals surface area (Å²) in [6.07, 6.45) is 0. The Labute approximate surface area is 174 Å². The van der Waals surface area contributed by atoms with Gasteiger partial charge in [-0.3, -0.25) is 4.79 Å². The molecule has 3 aromatic carbocycles. The first-order chi connectivity index (χ1) is 14.5. The lowest BCUT2D eigenvalue weighted by molar-refractivity contribution is -0.119. The van der Waals surface area contributed by atoms with Crippen molar-refractivity contribution in [2.45, 2.75) is 13.8 Å². The van der Waals surface area contributed by atoms with Gasteiger partial charge in [-0.15, -0.1) is 0 Å². The summed E-state index contributed by atoms with van der Waals surface area (Å²) in [6.45, 7) is 3.18. The van der Waals surface area contributed by atoms with Crippen molar-refractivity contribution in [2.24, 2.45) is 0 Å². The molecular formula is C24H21N3O3. The standard InChI is InChI=1S/C24H21N3O3/c1-16-23(17(2)27(26-16)21-10-4-3-5-11-21)24(29)30-15-22(28)25-20-13-12-18-8-6-7-9-19(18)14-20/h3-14H,15H2,1-2H3,(H,25,28). The average Bonchev–Trinajstić information content (AvgIpc) is 3.06. The van der Waals surface area contributed by atoms with Gasteiger partial charge < -0.3 is 10.1 Å². The number of carbonyl (C=O) groups is 2. The molecule has 0 fully saturated rings. The highest BCUT2D eigenvalue weighted by Gasteiger charge is 2.21. The Morgan fingerprint density at radius 3 is 2.40 bits per heavy atom. The summed E-state index contributed by atoms with van der Waals surface area (Å²) in [5.74, 6) is -0.967. The van der Waals surface area contributed by atoms with Crippen LogP contribution in [0.5, 0.6) is 0 Å². The number of benzene rings is 3. The van der Waals surface area contributed by atoms with Crippen LogP contribution < -0.4 is 5.32 Å². The van der Waals surface area contributed by atoms with Crippen LogP contribution in [0.25, 0.3) is 16.5 Å². The quantitative estimate of drug-likeness (QED) is 0.504. The monoisotopic (exact) mass is 399 g/mol. The van der Waals surface area contributed by atoms with E-state index in [-0.39, 0.29) is 6.61 Å². The van der Waals surface area contributed by atoms with Crippen molar-refractivity contribution in [3.63, 3.8) is 0 Å². The van der Waals surface area contributed by atoms with E-state index in [1.165, 1.54) is 0 Å². The number of hydrogen-bond acceptors (Lipinski definition) is 4. The van der Waals surface area contributed by atoms with Crippen molar-refractivity contribution in [3.8, 4) is 5.69 Å². The van der Waals surface area contributed by atoms with Crippen molar-refractivity contribution in [1.29, 1.82) is 0 Å². The first-order valence-electron chi connectivity index (χ1n) is 9.60. The summed E-state index contributed by atoms with van der Waals surface area (Å²) >= 11 is 0. The van der Waals surface area contributed by atoms with Crippen molar-refractivity contribution in [1.82, 2.24) is 9.78 Å². The van der Waals surface area contributed by atoms with Gasteiger partial charge in [0.2, 0.25) is 0 Å². The zero-order valence-electron chi connectivity index (χ0n) is 16.8. The number of aromatic nitrogens is 2. The van der Waals surface area contributed by atoms with E-state index in [4.69, 9.17) is 4.74 Å². The number of ether oxygens (including phenoxy) is 1. The number of rotatable bonds is 5. The molecule has 30 heavy (non-hydrogen) atoms. The number of nitrogens with one attached hydrogen (secondary N) is 1. The Balaban J connectivity index is 1.43. The molecule has 6 nitrogen and oxygen atoms in total. The molecule has 0 saturated carbocycles. The summed E-state index contributed by atoms with van der Waals surface area (Å²) in [5.41, 5.74) is 3.09. The maximum atomic E-state index is 12.6. The minimum absolute atomic E-state index is 0.373. The molecule has 150 valence electrons. The largest absolute Gasteiger partial charge is 0.452 e. The van der Waals surface area contributed by atoms with E-state index in [0.29, 0.717) is 22.6 Å². The zero-order chi connectivity index (χ0) is 21.1. The Morgan fingerprint density at radius 2 is 1.63 bits per heavy atom. The topological polar surface area (TPSA) is 73.2 Å². The molecule has 1 N–H and O–H groups in total. The summed E-state index contributed by atoms with van der Waals surface area (Å²) in [5, 5.41) is 9.31. The zero-order valence-corrected chi connectivity index (χ0v) is 16.8. The first kappa shape index (κ1) is 19.4. The van der Waals surface area contributed by atoms with Gasteiger partial charge in [-0.2, -0.15) is 5.10 Å². The lowest BCUT2D eigenvalue weighted by Crippen LogP contribution is -2.21. The van der Waals surface area contributed by atoms with Crippen molar-refractivity contribution in [2.75, 3.05) is 11.9 Å². The second-order valence-corrected chi connectivity index (χ2v) is 6.98. The van der Waals surface area contributed by atoms with Crippen LogP contribution in [-0.4, -0.2) is 28.3 Å². The number of anilines is 1. The van der Waals surface area contributed by atoms with Crippen LogP contribution in [0, 0.1) is 13.8 Å². The predicted octanol–water partition coefficient (Wildman–Crippen LogP) is 4.44. The number of esters is 1. The fourth-order valence-corrected chi connectivity index (χ4v) is 3.43. The smallest absolute Gasteiger partial charge is 0.342 e. The second-order valence-electron chi connectivity index (χ2n) is 6.98. The van der Waals surface area contributed by atoms with Gasteiger partial charge in [0, 0.05) is 5.69 Å². The molecule has 0 radical (unpaired) electrons. The van der Waals surface area contributed by atoms with Crippen LogP contribution >= 0.6 is 0 Å². The van der Waals surface area contributed by atoms with Gasteiger partial charge in [0.05, 0.1) is 17.1 Å². The molecule has 1 aromatic heterocycles. The molecule has 4 aromatic rings. The fraction of sp³-hybridized carbons (Fsp3) is 0.125. The lowest BCUT2D eigenvalue weighted by Gasteiger charge is -2.08. The van der Waals surface area contributed by atoms with E-state index in [2.05, 4.69) is 10.4 Å². The van der Waals surface area contributed by atoms with E-state index < -0.39 is 11.9 Å². The molecule has 4 rings (SSSR count). The normalized spacial score (nSPS) is 10.7. The van der Waals surface area contributed by atoms with Gasteiger partial charge in [0.15, 0.2) is 6.61 Å². The number of fused-ring (bicyclic) bond motifs is 1. The van der Waals surface area contributed by atoms with Gasteiger partial charge in [-0.05, 0) is 48.9 Å². The molecule has 1 amide bonds. The highest BCUT2D eigenvalue weighted by molar-refractivity contribution is 5.98.